The van der Waals surface area contributed by atoms with Crippen LogP contribution < -0.4 is 0 Å². The summed E-state index contributed by atoms with van der Waals surface area (Å²) in [5.41, 5.74) is 0. The van der Waals surface area contributed by atoms with Gasteiger partial charge >= 0.3 is 16.6 Å². The van der Waals surface area contributed by atoms with Crippen LogP contribution in [0.15, 0.2) is 0 Å². The Balaban J connectivity index is 2.99. The van der Waals surface area contributed by atoms with E-state index in [1.807, 2.05) is 0 Å². The average Bonchev–Trinajstić information content (AvgIpc) is 1.65. The first kappa shape index (κ1) is 6.00. The topological polar surface area (TPSA) is 26.3 Å². The van der Waals surface area contributed by atoms with Crippen LogP contribution in [-0.4, -0.2) is 22.6 Å². The van der Waals surface area contributed by atoms with E-state index in [1.54, 1.807) is 6.92 Å². The molecule has 0 aromatic rings. The summed E-state index contributed by atoms with van der Waals surface area (Å²) in [4.78, 5) is 9.99. The Labute approximate surface area is 45.2 Å². The summed E-state index contributed by atoms with van der Waals surface area (Å²) < 4.78 is 4.40. The summed E-state index contributed by atoms with van der Waals surface area (Å²) in [6.45, 7) is 1.78. The molecule has 0 aliphatic rings. The predicted molar refractivity (Wildman–Crippen MR) is 24.9 cm³/mol. The zero-order valence-corrected chi connectivity index (χ0v) is 6.02. The highest BCUT2D eigenvalue weighted by molar-refractivity contribution is 6.05. The van der Waals surface area contributed by atoms with Crippen LogP contribution in [0.25, 0.3) is 0 Å². The van der Waals surface area contributed by atoms with E-state index in [2.05, 4.69) is 3.79 Å². The fourth-order valence-corrected chi connectivity index (χ4v) is 0.433. The monoisotopic (exact) mass is 102 g/mol. The maximum atomic E-state index is 9.99. The maximum absolute atomic E-state index is 9.99. The summed E-state index contributed by atoms with van der Waals surface area (Å²) in [5, 5.41) is 0. The smallest absolute Gasteiger partial charge is 0.499 e. The molecule has 0 unspecified atom stereocenters. The van der Waals surface area contributed by atoms with Crippen LogP contribution in [0.1, 0.15) is 13.3 Å². The molecule has 0 spiro atoms. The third-order valence-electron chi connectivity index (χ3n) is 0.516. The van der Waals surface area contributed by atoms with Gasteiger partial charge in [0.05, 0.1) is 0 Å². The molecule has 0 fully saturated rings. The molecule has 0 bridgehead atoms. The van der Waals surface area contributed by atoms with Crippen molar-refractivity contribution in [3.8, 4) is 0 Å². The Kier molecular flexibility index (Phi) is 3.20. The van der Waals surface area contributed by atoms with Crippen LogP contribution in [0.5, 0.6) is 0 Å². The van der Waals surface area contributed by atoms with Gasteiger partial charge in [-0.2, -0.15) is 0 Å². The molecule has 34 valence electrons. The fourth-order valence-electron chi connectivity index (χ4n) is 0.144. The first-order valence-corrected chi connectivity index (χ1v) is 2.69. The second kappa shape index (κ2) is 3.20. The zero-order valence-electron chi connectivity index (χ0n) is 4.02. The van der Waals surface area contributed by atoms with E-state index in [4.69, 9.17) is 0 Å². The van der Waals surface area contributed by atoms with Crippen molar-refractivity contribution < 1.29 is 8.58 Å². The van der Waals surface area contributed by atoms with E-state index in [9.17, 15) is 4.79 Å². The number of rotatable bonds is 1. The molecular formula is C3H7AlO2. The van der Waals surface area contributed by atoms with Gasteiger partial charge in [0.2, 0.25) is 0 Å². The Morgan fingerprint density at radius 1 is 2.00 bits per heavy atom. The van der Waals surface area contributed by atoms with Crippen molar-refractivity contribution in [2.75, 3.05) is 0 Å². The van der Waals surface area contributed by atoms with Crippen molar-refractivity contribution in [2.24, 2.45) is 0 Å². The highest BCUT2D eigenvalue weighted by atomic mass is 27.1. The van der Waals surface area contributed by atoms with Crippen LogP contribution in [-0.2, 0) is 8.58 Å². The summed E-state index contributed by atoms with van der Waals surface area (Å²) in [6, 6.07) is 0. The van der Waals surface area contributed by atoms with E-state index < -0.39 is 0 Å². The lowest BCUT2D eigenvalue weighted by molar-refractivity contribution is -0.133. The Hall–Kier alpha value is 0.00247. The molecule has 0 aromatic heterocycles. The lowest BCUT2D eigenvalue weighted by Crippen LogP contribution is -1.96. The minimum Gasteiger partial charge on any atom is -0.621 e. The van der Waals surface area contributed by atoms with Crippen LogP contribution in [0.2, 0.25) is 0 Å². The average molecular weight is 102 g/mol. The molecule has 0 radical (unpaired) electrons. The maximum Gasteiger partial charge on any atom is 0.499 e. The van der Waals surface area contributed by atoms with Crippen molar-refractivity contribution in [1.82, 2.24) is 0 Å². The summed E-state index contributed by atoms with van der Waals surface area (Å²) >= 11 is 0.533. The van der Waals surface area contributed by atoms with E-state index in [1.165, 1.54) is 0 Å². The van der Waals surface area contributed by atoms with Crippen molar-refractivity contribution in [2.45, 2.75) is 13.3 Å². The number of hydrogen-bond acceptors (Lipinski definition) is 2. The normalized spacial score (nSPS) is 7.50. The Bertz CT molecular complexity index is 46.8. The first-order valence-electron chi connectivity index (χ1n) is 1.88. The van der Waals surface area contributed by atoms with Gasteiger partial charge in [-0.3, -0.25) is 4.79 Å². The van der Waals surface area contributed by atoms with Crippen molar-refractivity contribution >= 4 is 22.6 Å². The van der Waals surface area contributed by atoms with Crippen molar-refractivity contribution in [3.05, 3.63) is 0 Å². The van der Waals surface area contributed by atoms with Crippen LogP contribution in [0.3, 0.4) is 0 Å². The quantitative estimate of drug-likeness (QED) is 0.417. The van der Waals surface area contributed by atoms with Gasteiger partial charge < -0.3 is 3.79 Å². The van der Waals surface area contributed by atoms with Gasteiger partial charge in [0.15, 0.2) is 0 Å². The van der Waals surface area contributed by atoms with Gasteiger partial charge in [-0.15, -0.1) is 0 Å². The second-order valence-corrected chi connectivity index (χ2v) is 1.34. The van der Waals surface area contributed by atoms with E-state index in [0.29, 0.717) is 23.0 Å². The third-order valence-corrected chi connectivity index (χ3v) is 0.972. The molecule has 6 heavy (non-hydrogen) atoms. The summed E-state index contributed by atoms with van der Waals surface area (Å²) in [7, 11) is 0. The molecule has 0 aliphatic heterocycles. The van der Waals surface area contributed by atoms with E-state index in [0.717, 1.165) is 0 Å². The molecule has 3 heteroatoms. The summed E-state index contributed by atoms with van der Waals surface area (Å²) in [5.74, 6) is -0.0957. The molecule has 0 amide bonds. The molecular weight excluding hydrogens is 95.0 g/mol. The van der Waals surface area contributed by atoms with E-state index in [-0.39, 0.29) is 5.97 Å². The SMILES string of the molecule is CCC(=O)[O][AlH2]. The predicted octanol–water partition coefficient (Wildman–Crippen LogP) is -0.512. The number of hydrogen-bond donors (Lipinski definition) is 0. The van der Waals surface area contributed by atoms with Gasteiger partial charge in [0.1, 0.15) is 0 Å². The lowest BCUT2D eigenvalue weighted by Gasteiger charge is -1.90. The first-order chi connectivity index (χ1) is 2.81. The van der Waals surface area contributed by atoms with Crippen molar-refractivity contribution in [3.63, 3.8) is 0 Å². The molecule has 2 nitrogen and oxygen atoms in total. The largest absolute Gasteiger partial charge is 0.621 e. The van der Waals surface area contributed by atoms with Crippen LogP contribution in [0.4, 0.5) is 0 Å². The number of carbonyl (C=O) groups is 1. The molecule has 0 aliphatic carbocycles. The Morgan fingerprint density at radius 3 is 2.50 bits per heavy atom. The van der Waals surface area contributed by atoms with Gasteiger partial charge in [-0.05, 0) is 0 Å². The standard InChI is InChI=1S/C3H6O2.Al.2H/c1-2-3(4)5;;;/h2H2,1H3,(H,4,5);;;/q;+1;;/p-1. The fraction of sp³-hybridized carbons (Fsp3) is 0.667. The second-order valence-electron chi connectivity index (χ2n) is 0.930. The lowest BCUT2D eigenvalue weighted by atomic mass is 10.5. The molecule has 0 saturated heterocycles. The highest BCUT2D eigenvalue weighted by Crippen LogP contribution is 1.75. The molecule has 0 aromatic carbocycles. The van der Waals surface area contributed by atoms with Crippen LogP contribution in [0, 0.1) is 0 Å². The summed E-state index contributed by atoms with van der Waals surface area (Å²) in [6.07, 6.45) is 0.503. The number of carbonyl (C=O) groups excluding carboxylic acids is 1. The van der Waals surface area contributed by atoms with Gasteiger partial charge in [-0.25, -0.2) is 0 Å². The zero-order chi connectivity index (χ0) is 4.99. The Morgan fingerprint density at radius 2 is 2.50 bits per heavy atom. The van der Waals surface area contributed by atoms with Gasteiger partial charge in [0.25, 0.3) is 5.97 Å². The highest BCUT2D eigenvalue weighted by Gasteiger charge is 1.86. The van der Waals surface area contributed by atoms with Crippen molar-refractivity contribution in [1.29, 1.82) is 0 Å². The molecule has 0 saturated carbocycles. The van der Waals surface area contributed by atoms with E-state index >= 15 is 0 Å². The minimum atomic E-state index is -0.0957. The molecule has 0 atom stereocenters. The van der Waals surface area contributed by atoms with Crippen LogP contribution >= 0.6 is 0 Å². The molecule has 0 N–H and O–H groups in total. The van der Waals surface area contributed by atoms with Gasteiger partial charge in [0, 0.05) is 6.42 Å². The minimum absolute atomic E-state index is 0.0957. The van der Waals surface area contributed by atoms with Gasteiger partial charge in [-0.1, -0.05) is 6.92 Å². The molecule has 0 heterocycles. The molecule has 0 rings (SSSR count). The third kappa shape index (κ3) is 2.25.